The first kappa shape index (κ1) is 11.8. The van der Waals surface area contributed by atoms with Crippen molar-refractivity contribution in [2.45, 2.75) is 0 Å². The standard InChI is InChI=1S/C16H13N3O2/c1-21-12-5-6-13-14(8-12)18-19-9-15(17-16(13)19)10-3-2-4-11(20)7-10/h2-9,18,20H,1H3. The number of imidazole rings is 1. The van der Waals surface area contributed by atoms with Crippen molar-refractivity contribution in [1.82, 2.24) is 14.6 Å². The quantitative estimate of drug-likeness (QED) is 0.592. The van der Waals surface area contributed by atoms with Crippen molar-refractivity contribution in [2.24, 2.45) is 0 Å². The van der Waals surface area contributed by atoms with Crippen LogP contribution < -0.4 is 4.74 Å². The molecule has 21 heavy (non-hydrogen) atoms. The number of aromatic amines is 1. The number of ether oxygens (including phenoxy) is 1. The molecule has 2 heterocycles. The summed E-state index contributed by atoms with van der Waals surface area (Å²) < 4.78 is 7.10. The first-order valence-electron chi connectivity index (χ1n) is 6.59. The highest BCUT2D eigenvalue weighted by Crippen LogP contribution is 2.27. The van der Waals surface area contributed by atoms with Crippen molar-refractivity contribution in [3.05, 3.63) is 48.7 Å². The number of hydrogen-bond donors (Lipinski definition) is 2. The SMILES string of the molecule is COc1ccc2c(c1)[nH]n1cc(-c3cccc(O)c3)nc21. The highest BCUT2D eigenvalue weighted by molar-refractivity contribution is 5.93. The van der Waals surface area contributed by atoms with Gasteiger partial charge in [-0.05, 0) is 24.3 Å². The minimum atomic E-state index is 0.235. The summed E-state index contributed by atoms with van der Waals surface area (Å²) in [5.74, 6) is 1.04. The van der Waals surface area contributed by atoms with Gasteiger partial charge in [-0.2, -0.15) is 0 Å². The largest absolute Gasteiger partial charge is 0.508 e. The average molecular weight is 279 g/mol. The van der Waals surface area contributed by atoms with E-state index in [1.54, 1.807) is 25.3 Å². The topological polar surface area (TPSA) is 62.5 Å². The number of hydrogen-bond acceptors (Lipinski definition) is 3. The second-order valence-electron chi connectivity index (χ2n) is 4.89. The van der Waals surface area contributed by atoms with Crippen molar-refractivity contribution >= 4 is 16.6 Å². The van der Waals surface area contributed by atoms with Crippen LogP contribution in [0.15, 0.2) is 48.7 Å². The van der Waals surface area contributed by atoms with Gasteiger partial charge in [0.1, 0.15) is 11.5 Å². The van der Waals surface area contributed by atoms with Crippen LogP contribution in [0, 0.1) is 0 Å². The lowest BCUT2D eigenvalue weighted by Gasteiger charge is -1.98. The Morgan fingerprint density at radius 3 is 2.90 bits per heavy atom. The van der Waals surface area contributed by atoms with Gasteiger partial charge in [0.2, 0.25) is 0 Å². The van der Waals surface area contributed by atoms with E-state index in [0.717, 1.165) is 33.6 Å². The van der Waals surface area contributed by atoms with Crippen LogP contribution >= 0.6 is 0 Å². The van der Waals surface area contributed by atoms with Gasteiger partial charge in [-0.25, -0.2) is 9.50 Å². The fourth-order valence-electron chi connectivity index (χ4n) is 2.53. The van der Waals surface area contributed by atoms with Crippen molar-refractivity contribution in [3.8, 4) is 22.8 Å². The fourth-order valence-corrected chi connectivity index (χ4v) is 2.53. The molecule has 2 aromatic heterocycles. The number of aromatic nitrogens is 3. The van der Waals surface area contributed by atoms with Gasteiger partial charge in [-0.1, -0.05) is 12.1 Å². The summed E-state index contributed by atoms with van der Waals surface area (Å²) in [6, 6.07) is 12.9. The van der Waals surface area contributed by atoms with E-state index in [-0.39, 0.29) is 5.75 Å². The Labute approximate surface area is 120 Å². The summed E-state index contributed by atoms with van der Waals surface area (Å²) in [6.07, 6.45) is 1.91. The highest BCUT2D eigenvalue weighted by atomic mass is 16.5. The van der Waals surface area contributed by atoms with Gasteiger partial charge in [-0.3, -0.25) is 5.10 Å². The van der Waals surface area contributed by atoms with Crippen molar-refractivity contribution in [3.63, 3.8) is 0 Å². The van der Waals surface area contributed by atoms with E-state index in [1.165, 1.54) is 0 Å². The third kappa shape index (κ3) is 1.82. The zero-order chi connectivity index (χ0) is 14.4. The molecule has 0 fully saturated rings. The van der Waals surface area contributed by atoms with E-state index in [1.807, 2.05) is 35.0 Å². The Kier molecular flexibility index (Phi) is 2.41. The summed E-state index contributed by atoms with van der Waals surface area (Å²) in [5, 5.41) is 13.9. The second-order valence-corrected chi connectivity index (χ2v) is 4.89. The maximum Gasteiger partial charge on any atom is 0.161 e. The van der Waals surface area contributed by atoms with Gasteiger partial charge in [-0.15, -0.1) is 0 Å². The molecule has 0 saturated heterocycles. The number of phenolic OH excluding ortho intramolecular Hbond substituents is 1. The van der Waals surface area contributed by atoms with Crippen LogP contribution in [0.1, 0.15) is 0 Å². The second kappa shape index (κ2) is 4.28. The van der Waals surface area contributed by atoms with Crippen LogP contribution in [0.4, 0.5) is 0 Å². The molecule has 5 heteroatoms. The molecule has 0 aliphatic rings. The van der Waals surface area contributed by atoms with Gasteiger partial charge in [0.25, 0.3) is 0 Å². The lowest BCUT2D eigenvalue weighted by atomic mass is 10.1. The van der Waals surface area contributed by atoms with Crippen LogP contribution in [-0.2, 0) is 0 Å². The number of aromatic hydroxyl groups is 1. The first-order valence-corrected chi connectivity index (χ1v) is 6.59. The minimum Gasteiger partial charge on any atom is -0.508 e. The van der Waals surface area contributed by atoms with E-state index in [9.17, 15) is 5.11 Å². The molecule has 0 unspecified atom stereocenters. The van der Waals surface area contributed by atoms with Crippen LogP contribution in [0.5, 0.6) is 11.5 Å². The van der Waals surface area contributed by atoms with Gasteiger partial charge in [0.15, 0.2) is 5.65 Å². The van der Waals surface area contributed by atoms with Gasteiger partial charge < -0.3 is 9.84 Å². The van der Waals surface area contributed by atoms with E-state index in [0.29, 0.717) is 0 Å². The molecular formula is C16H13N3O2. The Balaban J connectivity index is 1.91. The summed E-state index contributed by atoms with van der Waals surface area (Å²) in [7, 11) is 1.65. The molecule has 0 spiro atoms. The number of H-pyrrole nitrogens is 1. The molecular weight excluding hydrogens is 266 g/mol. The molecule has 0 aliphatic heterocycles. The number of nitrogens with one attached hydrogen (secondary N) is 1. The average Bonchev–Trinajstić information content (AvgIpc) is 3.04. The molecule has 0 aliphatic carbocycles. The van der Waals surface area contributed by atoms with E-state index < -0.39 is 0 Å². The maximum absolute atomic E-state index is 9.57. The van der Waals surface area contributed by atoms with Crippen molar-refractivity contribution in [2.75, 3.05) is 7.11 Å². The smallest absolute Gasteiger partial charge is 0.161 e. The van der Waals surface area contributed by atoms with Gasteiger partial charge >= 0.3 is 0 Å². The monoisotopic (exact) mass is 279 g/mol. The molecule has 104 valence electrons. The summed E-state index contributed by atoms with van der Waals surface area (Å²) >= 11 is 0. The molecule has 4 aromatic rings. The molecule has 0 bridgehead atoms. The Morgan fingerprint density at radius 2 is 2.10 bits per heavy atom. The van der Waals surface area contributed by atoms with E-state index in [2.05, 4.69) is 10.1 Å². The predicted octanol–water partition coefficient (Wildman–Crippen LogP) is 3.20. The molecule has 4 rings (SSSR count). The fraction of sp³-hybridized carbons (Fsp3) is 0.0625. The number of nitrogens with zero attached hydrogens (tertiary/aromatic N) is 2. The molecule has 0 radical (unpaired) electrons. The molecule has 0 atom stereocenters. The molecule has 5 nitrogen and oxygen atoms in total. The third-order valence-corrected chi connectivity index (χ3v) is 3.56. The van der Waals surface area contributed by atoms with Crippen LogP contribution in [0.3, 0.4) is 0 Å². The van der Waals surface area contributed by atoms with Crippen LogP contribution in [0.25, 0.3) is 27.8 Å². The van der Waals surface area contributed by atoms with Crippen LogP contribution in [-0.4, -0.2) is 26.8 Å². The van der Waals surface area contributed by atoms with Crippen molar-refractivity contribution in [1.29, 1.82) is 0 Å². The normalized spacial score (nSPS) is 11.3. The zero-order valence-corrected chi connectivity index (χ0v) is 11.4. The van der Waals surface area contributed by atoms with E-state index >= 15 is 0 Å². The Hall–Kier alpha value is -2.95. The molecule has 0 amide bonds. The molecule has 2 aromatic carbocycles. The number of fused-ring (bicyclic) bond motifs is 3. The van der Waals surface area contributed by atoms with Gasteiger partial charge in [0, 0.05) is 17.0 Å². The number of benzene rings is 2. The lowest BCUT2D eigenvalue weighted by molar-refractivity contribution is 0.415. The zero-order valence-electron chi connectivity index (χ0n) is 11.4. The lowest BCUT2D eigenvalue weighted by Crippen LogP contribution is -1.82. The number of rotatable bonds is 2. The van der Waals surface area contributed by atoms with Crippen LogP contribution in [0.2, 0.25) is 0 Å². The predicted molar refractivity (Wildman–Crippen MR) is 80.7 cm³/mol. The van der Waals surface area contributed by atoms with Gasteiger partial charge in [0.05, 0.1) is 24.5 Å². The third-order valence-electron chi connectivity index (χ3n) is 3.56. The highest BCUT2D eigenvalue weighted by Gasteiger charge is 2.10. The summed E-state index contributed by atoms with van der Waals surface area (Å²) in [4.78, 5) is 4.65. The number of phenols is 1. The summed E-state index contributed by atoms with van der Waals surface area (Å²) in [6.45, 7) is 0. The first-order chi connectivity index (χ1) is 10.2. The Bertz CT molecular complexity index is 953. The Morgan fingerprint density at radius 1 is 1.19 bits per heavy atom. The number of methoxy groups -OCH3 is 1. The van der Waals surface area contributed by atoms with E-state index in [4.69, 9.17) is 4.74 Å². The maximum atomic E-state index is 9.57. The molecule has 0 saturated carbocycles. The van der Waals surface area contributed by atoms with Crippen molar-refractivity contribution < 1.29 is 9.84 Å². The summed E-state index contributed by atoms with van der Waals surface area (Å²) in [5.41, 5.74) is 3.52. The molecule has 2 N–H and O–H groups in total. The minimum absolute atomic E-state index is 0.235.